The van der Waals surface area contributed by atoms with Gasteiger partial charge in [-0.1, -0.05) is 125 Å². The minimum Gasteiger partial charge on any atom is -0.310 e. The van der Waals surface area contributed by atoms with Crippen LogP contribution in [0.2, 0.25) is 0 Å². The summed E-state index contributed by atoms with van der Waals surface area (Å²) in [4.78, 5) is 5.18. The van der Waals surface area contributed by atoms with Crippen molar-refractivity contribution in [2.75, 3.05) is 9.80 Å². The second kappa shape index (κ2) is 14.2. The van der Waals surface area contributed by atoms with Gasteiger partial charge in [0, 0.05) is 55.7 Å². The minimum atomic E-state index is -0.258. The van der Waals surface area contributed by atoms with Crippen molar-refractivity contribution in [3.8, 4) is 5.69 Å². The number of para-hydroxylation sites is 1. The van der Waals surface area contributed by atoms with E-state index in [1.165, 1.54) is 160 Å². The Balaban J connectivity index is 1.10. The quantitative estimate of drug-likeness (QED) is 0.165. The van der Waals surface area contributed by atoms with Gasteiger partial charge in [0.05, 0.1) is 16.7 Å². The number of nitrogens with zero attached hydrogens (tertiary/aromatic N) is 3. The lowest BCUT2D eigenvalue weighted by Crippen LogP contribution is -2.33. The fourth-order valence-corrected chi connectivity index (χ4v) is 13.1. The predicted molar refractivity (Wildman–Crippen MR) is 283 cm³/mol. The molecule has 0 saturated carbocycles. The first kappa shape index (κ1) is 39.1. The zero-order chi connectivity index (χ0) is 44.8. The summed E-state index contributed by atoms with van der Waals surface area (Å²) in [7, 11) is 0. The van der Waals surface area contributed by atoms with E-state index in [9.17, 15) is 0 Å². The summed E-state index contributed by atoms with van der Waals surface area (Å²) in [6.07, 6.45) is 9.53. The Hall–Kier alpha value is -7.10. The van der Waals surface area contributed by atoms with E-state index in [1.54, 1.807) is 0 Å². The van der Waals surface area contributed by atoms with Crippen LogP contribution in [0.5, 0.6) is 0 Å². The monoisotopic (exact) mass is 865 g/mol. The van der Waals surface area contributed by atoms with Gasteiger partial charge in [-0.05, 0) is 184 Å². The molecule has 0 amide bonds. The summed E-state index contributed by atoms with van der Waals surface area (Å²) < 4.78 is 2.69. The minimum absolute atomic E-state index is 0.258. The molecule has 0 fully saturated rings. The molecule has 0 radical (unpaired) electrons. The molecule has 14 rings (SSSR count). The molecule has 1 aromatic heterocycles. The number of hydrogen-bond donors (Lipinski definition) is 0. The van der Waals surface area contributed by atoms with Crippen molar-refractivity contribution in [1.29, 1.82) is 0 Å². The molecule has 3 nitrogen and oxygen atoms in total. The second-order valence-corrected chi connectivity index (χ2v) is 21.1. The van der Waals surface area contributed by atoms with Gasteiger partial charge >= 0.3 is 0 Å². The number of rotatable bonds is 6. The maximum atomic E-state index is 2.69. The van der Waals surface area contributed by atoms with Crippen molar-refractivity contribution in [2.45, 2.75) is 89.9 Å². The number of aryl methyl sites for hydroxylation is 3. The van der Waals surface area contributed by atoms with E-state index in [0.717, 1.165) is 19.3 Å². The molecule has 0 bridgehead atoms. The molecule has 9 aromatic carbocycles. The molecule has 3 heterocycles. The lowest BCUT2D eigenvalue weighted by Gasteiger charge is -2.42. The van der Waals surface area contributed by atoms with Crippen LogP contribution < -0.4 is 9.80 Å². The molecule has 326 valence electrons. The lowest BCUT2D eigenvalue weighted by atomic mass is 9.68. The normalized spacial score (nSPS) is 16.1. The molecule has 0 N–H and O–H groups in total. The van der Waals surface area contributed by atoms with Crippen molar-refractivity contribution in [2.24, 2.45) is 0 Å². The predicted octanol–water partition coefficient (Wildman–Crippen LogP) is 17.1. The van der Waals surface area contributed by atoms with E-state index in [2.05, 4.69) is 206 Å². The summed E-state index contributed by atoms with van der Waals surface area (Å²) in [6.45, 7) is 9.88. The van der Waals surface area contributed by atoms with Crippen LogP contribution >= 0.6 is 0 Å². The topological polar surface area (TPSA) is 11.4 Å². The Morgan fingerprint density at radius 2 is 0.881 bits per heavy atom. The van der Waals surface area contributed by atoms with Gasteiger partial charge in [-0.3, -0.25) is 0 Å². The summed E-state index contributed by atoms with van der Waals surface area (Å²) in [5.41, 5.74) is 22.4. The molecular weight excluding hydrogens is 811 g/mol. The number of aromatic nitrogens is 1. The first-order chi connectivity index (χ1) is 32.7. The Morgan fingerprint density at radius 3 is 1.52 bits per heavy atom. The summed E-state index contributed by atoms with van der Waals surface area (Å²) in [6, 6.07) is 63.5. The lowest BCUT2D eigenvalue weighted by molar-refractivity contribution is 0.593. The molecule has 67 heavy (non-hydrogen) atoms. The highest BCUT2D eigenvalue weighted by Gasteiger charge is 2.44. The fraction of sp³-hybridized carbons (Fsp3) is 0.219. The molecule has 10 aromatic rings. The molecule has 2 aliphatic carbocycles. The van der Waals surface area contributed by atoms with E-state index in [4.69, 9.17) is 0 Å². The molecule has 4 aliphatic rings. The molecule has 0 spiro atoms. The van der Waals surface area contributed by atoms with E-state index < -0.39 is 0 Å². The maximum absolute atomic E-state index is 2.69. The second-order valence-electron chi connectivity index (χ2n) is 21.1. The Morgan fingerprint density at radius 1 is 0.373 bits per heavy atom. The van der Waals surface area contributed by atoms with Gasteiger partial charge in [-0.15, -0.1) is 0 Å². The average Bonchev–Trinajstić information content (AvgIpc) is 3.69. The summed E-state index contributed by atoms with van der Waals surface area (Å²) in [5.74, 6) is 0. The molecule has 3 heteroatoms. The number of benzene rings is 9. The van der Waals surface area contributed by atoms with Gasteiger partial charge in [0.15, 0.2) is 0 Å². The van der Waals surface area contributed by atoms with Crippen LogP contribution in [-0.2, 0) is 36.5 Å². The molecule has 2 aliphatic heterocycles. The van der Waals surface area contributed by atoms with Crippen LogP contribution in [0.15, 0.2) is 164 Å². The first-order valence-corrected chi connectivity index (χ1v) is 24.8. The maximum Gasteiger partial charge on any atom is 0.0583 e. The van der Waals surface area contributed by atoms with E-state index in [-0.39, 0.29) is 10.8 Å². The highest BCUT2D eigenvalue weighted by atomic mass is 15.2. The molecule has 0 unspecified atom stereocenters. The third-order valence-electron chi connectivity index (χ3n) is 16.6. The number of anilines is 6. The number of hydrogen-bond acceptors (Lipinski definition) is 2. The van der Waals surface area contributed by atoms with Gasteiger partial charge in [-0.25, -0.2) is 0 Å². The van der Waals surface area contributed by atoms with Crippen LogP contribution in [0.25, 0.3) is 49.0 Å². The zero-order valence-corrected chi connectivity index (χ0v) is 39.1. The fourth-order valence-electron chi connectivity index (χ4n) is 13.1. The van der Waals surface area contributed by atoms with Crippen LogP contribution in [-0.4, -0.2) is 4.57 Å². The Kier molecular flexibility index (Phi) is 8.29. The average molecular weight is 866 g/mol. The van der Waals surface area contributed by atoms with Crippen LogP contribution in [0.1, 0.15) is 97.9 Å². The van der Waals surface area contributed by atoms with Crippen LogP contribution in [0.3, 0.4) is 0 Å². The van der Waals surface area contributed by atoms with Crippen molar-refractivity contribution < 1.29 is 0 Å². The Labute approximate surface area is 393 Å². The summed E-state index contributed by atoms with van der Waals surface area (Å²) >= 11 is 0. The van der Waals surface area contributed by atoms with E-state index >= 15 is 0 Å². The van der Waals surface area contributed by atoms with Crippen molar-refractivity contribution >= 4 is 77.5 Å². The first-order valence-electron chi connectivity index (χ1n) is 24.8. The van der Waals surface area contributed by atoms with Crippen molar-refractivity contribution in [3.05, 3.63) is 208 Å². The van der Waals surface area contributed by atoms with E-state index in [1.807, 2.05) is 0 Å². The van der Waals surface area contributed by atoms with Crippen molar-refractivity contribution in [3.63, 3.8) is 0 Å². The highest BCUT2D eigenvalue weighted by Crippen LogP contribution is 2.58. The molecule has 0 saturated heterocycles. The van der Waals surface area contributed by atoms with Gasteiger partial charge in [0.2, 0.25) is 0 Å². The van der Waals surface area contributed by atoms with Gasteiger partial charge in [-0.2, -0.15) is 0 Å². The standard InChI is InChI=1S/C64H55N3/c1-63(2)55-24-14-25-56-62(55)67-60-53(36-50(38-57(60)63)65(47-30-27-40-15-5-8-19-44(40)33-47)48-31-28-41-16-6-9-20-45(41)34-48)54-37-51(39-58(61(54)67)64(56,3)4)66(49-32-29-42-17-7-10-21-46(42)35-49)59-26-13-22-43-18-11-12-23-52(43)59/h5,7-8,10,13-15,17,19,21-22,24-39H,6,9,11-12,16,18,20,23H2,1-4H3. The number of fused-ring (bicyclic) bond motifs is 5. The molecule has 0 atom stereocenters. The molecular formula is C64H55N3. The van der Waals surface area contributed by atoms with Crippen molar-refractivity contribution in [1.82, 2.24) is 4.57 Å². The van der Waals surface area contributed by atoms with Crippen LogP contribution in [0.4, 0.5) is 34.1 Å². The van der Waals surface area contributed by atoms with E-state index in [0.29, 0.717) is 0 Å². The zero-order valence-electron chi connectivity index (χ0n) is 39.1. The van der Waals surface area contributed by atoms with Crippen LogP contribution in [0, 0.1) is 0 Å². The summed E-state index contributed by atoms with van der Waals surface area (Å²) in [5, 5.41) is 7.66. The largest absolute Gasteiger partial charge is 0.310 e. The van der Waals surface area contributed by atoms with Gasteiger partial charge < -0.3 is 14.4 Å². The Bertz CT molecular complexity index is 3730. The smallest absolute Gasteiger partial charge is 0.0583 e. The van der Waals surface area contributed by atoms with Gasteiger partial charge in [0.1, 0.15) is 0 Å². The van der Waals surface area contributed by atoms with Gasteiger partial charge in [0.25, 0.3) is 0 Å². The highest BCUT2D eigenvalue weighted by molar-refractivity contribution is 6.16. The SMILES string of the molecule is CC1(C)c2cccc3c2-n2c4c1cc(N(c1ccc5c(c1)CCCC5)c1ccc5ccccc5c1)cc4c1cc(N(c4ccc5ccccc5c4)c4cccc5c4CCCC5)cc(c12)C3(C)C. The third-order valence-corrected chi connectivity index (χ3v) is 16.6. The third kappa shape index (κ3) is 5.64.